The maximum atomic E-state index is 11.9. The van der Waals surface area contributed by atoms with Gasteiger partial charge in [-0.3, -0.25) is 9.59 Å². The van der Waals surface area contributed by atoms with Gasteiger partial charge in [0.05, 0.1) is 0 Å². The molecular weight excluding hydrogens is 352 g/mol. The van der Waals surface area contributed by atoms with E-state index in [0.717, 1.165) is 49.9 Å². The first kappa shape index (κ1) is 22.6. The predicted octanol–water partition coefficient (Wildman–Crippen LogP) is 4.69. The summed E-state index contributed by atoms with van der Waals surface area (Å²) in [6, 6.07) is 0. The van der Waals surface area contributed by atoms with Crippen LogP contribution in [-0.4, -0.2) is 23.2 Å². The summed E-state index contributed by atoms with van der Waals surface area (Å²) in [6.45, 7) is 4.37. The molecule has 2 rings (SSSR count). The molecule has 2 aliphatic rings. The molecule has 2 amide bonds. The number of amides is 2. The quantitative estimate of drug-likeness (QED) is 0.442. The molecule has 6 nitrogen and oxygen atoms in total. The molecule has 0 spiro atoms. The van der Waals surface area contributed by atoms with E-state index >= 15 is 0 Å². The molecule has 2 unspecified atom stereocenters. The van der Waals surface area contributed by atoms with Gasteiger partial charge < -0.3 is 0 Å². The van der Waals surface area contributed by atoms with E-state index in [1.54, 1.807) is 0 Å². The van der Waals surface area contributed by atoms with E-state index in [4.69, 9.17) is 0 Å². The van der Waals surface area contributed by atoms with Crippen molar-refractivity contribution in [2.75, 3.05) is 0 Å². The molecule has 2 atom stereocenters. The summed E-state index contributed by atoms with van der Waals surface area (Å²) in [5, 5.41) is 8.64. The topological polar surface area (TPSA) is 82.9 Å². The zero-order valence-electron chi connectivity index (χ0n) is 17.8. The van der Waals surface area contributed by atoms with Gasteiger partial charge in [-0.25, -0.2) is 10.9 Å². The summed E-state index contributed by atoms with van der Waals surface area (Å²) < 4.78 is 0. The lowest BCUT2D eigenvalue weighted by atomic mass is 9.89. The van der Waals surface area contributed by atoms with E-state index < -0.39 is 0 Å². The Kier molecular flexibility index (Phi) is 10.2. The summed E-state index contributed by atoms with van der Waals surface area (Å²) in [4.78, 5) is 23.8. The third-order valence-corrected chi connectivity index (χ3v) is 5.98. The fraction of sp³-hybridized carbons (Fsp3) is 0.818. The molecule has 0 heterocycles. The second-order valence-electron chi connectivity index (χ2n) is 8.48. The summed E-state index contributed by atoms with van der Waals surface area (Å²) in [6.07, 6.45) is 13.9. The number of hydrogen-bond donors (Lipinski definition) is 2. The largest absolute Gasteiger partial charge is 0.273 e. The van der Waals surface area contributed by atoms with Gasteiger partial charge in [0.15, 0.2) is 0 Å². The van der Waals surface area contributed by atoms with Gasteiger partial charge in [-0.1, -0.05) is 39.5 Å². The van der Waals surface area contributed by atoms with Crippen LogP contribution in [0.2, 0.25) is 0 Å². The number of nitrogens with one attached hydrogen (secondary N) is 2. The highest BCUT2D eigenvalue weighted by Gasteiger charge is 2.17. The van der Waals surface area contributed by atoms with Crippen LogP contribution in [0.25, 0.3) is 0 Å². The van der Waals surface area contributed by atoms with Crippen LogP contribution >= 0.6 is 0 Å². The predicted molar refractivity (Wildman–Crippen MR) is 114 cm³/mol. The van der Waals surface area contributed by atoms with Gasteiger partial charge in [-0.2, -0.15) is 10.2 Å². The smallest absolute Gasteiger partial charge is 0.240 e. The van der Waals surface area contributed by atoms with Crippen molar-refractivity contribution in [1.29, 1.82) is 0 Å². The maximum absolute atomic E-state index is 11.9. The first-order chi connectivity index (χ1) is 13.6. The van der Waals surface area contributed by atoms with Crippen molar-refractivity contribution in [2.45, 2.75) is 104 Å². The zero-order valence-corrected chi connectivity index (χ0v) is 17.8. The fourth-order valence-electron chi connectivity index (χ4n) is 3.98. The minimum Gasteiger partial charge on any atom is -0.273 e. The molecule has 2 fully saturated rings. The van der Waals surface area contributed by atoms with Crippen molar-refractivity contribution in [3.05, 3.63) is 0 Å². The maximum Gasteiger partial charge on any atom is 0.240 e. The third kappa shape index (κ3) is 8.53. The lowest BCUT2D eigenvalue weighted by Gasteiger charge is -2.19. The fourth-order valence-corrected chi connectivity index (χ4v) is 3.98. The monoisotopic (exact) mass is 390 g/mol. The summed E-state index contributed by atoms with van der Waals surface area (Å²) in [5.41, 5.74) is 7.70. The van der Waals surface area contributed by atoms with Crippen molar-refractivity contribution in [2.24, 2.45) is 22.0 Å². The lowest BCUT2D eigenvalue weighted by Crippen LogP contribution is -2.24. The minimum atomic E-state index is 0.000410. The van der Waals surface area contributed by atoms with E-state index in [9.17, 15) is 9.59 Å². The molecular formula is C22H38N4O2. The highest BCUT2D eigenvalue weighted by molar-refractivity contribution is 5.89. The second-order valence-corrected chi connectivity index (χ2v) is 8.48. The van der Waals surface area contributed by atoms with Crippen LogP contribution in [0.3, 0.4) is 0 Å². The number of nitrogens with zero attached hydrogens (tertiary/aromatic N) is 2. The molecule has 6 heteroatoms. The Morgan fingerprint density at radius 3 is 1.57 bits per heavy atom. The number of carbonyl (C=O) groups excluding carboxylic acids is 2. The van der Waals surface area contributed by atoms with E-state index in [-0.39, 0.29) is 11.8 Å². The molecule has 2 saturated carbocycles. The van der Waals surface area contributed by atoms with Crippen LogP contribution in [0.5, 0.6) is 0 Å². The summed E-state index contributed by atoms with van der Waals surface area (Å²) in [7, 11) is 0. The molecule has 0 aromatic carbocycles. The molecule has 0 saturated heterocycles. The van der Waals surface area contributed by atoms with Crippen LogP contribution in [0.15, 0.2) is 10.2 Å². The van der Waals surface area contributed by atoms with Gasteiger partial charge in [0, 0.05) is 24.3 Å². The first-order valence-corrected chi connectivity index (χ1v) is 11.3. The average molecular weight is 391 g/mol. The number of hydrazone groups is 2. The molecule has 2 N–H and O–H groups in total. The molecule has 28 heavy (non-hydrogen) atoms. The van der Waals surface area contributed by atoms with Crippen LogP contribution < -0.4 is 10.9 Å². The van der Waals surface area contributed by atoms with Gasteiger partial charge in [-0.15, -0.1) is 0 Å². The van der Waals surface area contributed by atoms with E-state index in [2.05, 4.69) is 34.9 Å². The normalized spacial score (nSPS) is 25.6. The molecule has 0 radical (unpaired) electrons. The number of hydrogen-bond acceptors (Lipinski definition) is 4. The number of carbonyl (C=O) groups is 2. The zero-order chi connectivity index (χ0) is 20.2. The third-order valence-electron chi connectivity index (χ3n) is 5.98. The Bertz CT molecular complexity index is 521. The first-order valence-electron chi connectivity index (χ1n) is 11.3. The van der Waals surface area contributed by atoms with Crippen LogP contribution in [0, 0.1) is 11.8 Å². The van der Waals surface area contributed by atoms with Crippen molar-refractivity contribution in [1.82, 2.24) is 10.9 Å². The SMILES string of the molecule is CC1CCCCC1=NNC(=O)CCCCCCC(=O)NN=C1CCCCC1C. The highest BCUT2D eigenvalue weighted by Crippen LogP contribution is 2.21. The van der Waals surface area contributed by atoms with Crippen molar-refractivity contribution < 1.29 is 9.59 Å². The average Bonchev–Trinajstić information content (AvgIpc) is 2.69. The van der Waals surface area contributed by atoms with Crippen LogP contribution in [0.1, 0.15) is 104 Å². The van der Waals surface area contributed by atoms with Crippen LogP contribution in [0.4, 0.5) is 0 Å². The van der Waals surface area contributed by atoms with E-state index in [0.29, 0.717) is 24.7 Å². The molecule has 0 bridgehead atoms. The Morgan fingerprint density at radius 1 is 0.750 bits per heavy atom. The Labute approximate surface area is 170 Å². The Balaban J connectivity index is 1.49. The minimum absolute atomic E-state index is 0.000410. The van der Waals surface area contributed by atoms with Crippen LogP contribution in [-0.2, 0) is 9.59 Å². The van der Waals surface area contributed by atoms with E-state index in [1.165, 1.54) is 38.5 Å². The van der Waals surface area contributed by atoms with Crippen molar-refractivity contribution >= 4 is 23.2 Å². The van der Waals surface area contributed by atoms with Gasteiger partial charge >= 0.3 is 0 Å². The summed E-state index contributed by atoms with van der Waals surface area (Å²) >= 11 is 0. The molecule has 2 aliphatic carbocycles. The Morgan fingerprint density at radius 2 is 1.18 bits per heavy atom. The molecule has 158 valence electrons. The summed E-state index contributed by atoms with van der Waals surface area (Å²) in [5.74, 6) is 0.985. The number of rotatable bonds is 9. The van der Waals surface area contributed by atoms with Gasteiger partial charge in [-0.05, 0) is 63.2 Å². The van der Waals surface area contributed by atoms with Gasteiger partial charge in [0.2, 0.25) is 11.8 Å². The van der Waals surface area contributed by atoms with Crippen molar-refractivity contribution in [3.63, 3.8) is 0 Å². The standard InChI is InChI=1S/C22H38N4O2/c1-17-11-7-9-13-19(17)23-25-21(27)15-5-3-4-6-16-22(28)26-24-20-14-10-8-12-18(20)2/h17-18H,3-16H2,1-2H3,(H,25,27)(H,26,28). The number of unbranched alkanes of at least 4 members (excludes halogenated alkanes) is 3. The molecule has 0 aromatic heterocycles. The second kappa shape index (κ2) is 12.7. The highest BCUT2D eigenvalue weighted by atomic mass is 16.2. The van der Waals surface area contributed by atoms with Gasteiger partial charge in [0.25, 0.3) is 0 Å². The lowest BCUT2D eigenvalue weighted by molar-refractivity contribution is -0.122. The Hall–Kier alpha value is -1.72. The van der Waals surface area contributed by atoms with Gasteiger partial charge in [0.1, 0.15) is 0 Å². The van der Waals surface area contributed by atoms with E-state index in [1.807, 2.05) is 0 Å². The van der Waals surface area contributed by atoms with Crippen molar-refractivity contribution in [3.8, 4) is 0 Å². The molecule has 0 aromatic rings. The molecule has 0 aliphatic heterocycles.